The molecule has 0 spiro atoms. The third-order valence-electron chi connectivity index (χ3n) is 3.16. The van der Waals surface area contributed by atoms with E-state index in [2.05, 4.69) is 20.1 Å². The molecule has 0 radical (unpaired) electrons. The molecule has 6 heteroatoms. The number of nitrogens with zero attached hydrogens (tertiary/aromatic N) is 3. The van der Waals surface area contributed by atoms with Crippen molar-refractivity contribution in [2.75, 3.05) is 12.8 Å². The molecule has 1 amide bonds. The summed E-state index contributed by atoms with van der Waals surface area (Å²) in [4.78, 5) is 11.2. The van der Waals surface area contributed by atoms with Crippen LogP contribution < -0.4 is 5.32 Å². The lowest BCUT2D eigenvalue weighted by atomic mass is 10.4. The highest BCUT2D eigenvalue weighted by Gasteiger charge is 2.36. The molecule has 0 atom stereocenters. The van der Waals surface area contributed by atoms with Crippen molar-refractivity contribution in [3.8, 4) is 0 Å². The minimum absolute atomic E-state index is 0.0355. The average Bonchev–Trinajstić information content (AvgIpc) is 3.24. The van der Waals surface area contributed by atoms with Gasteiger partial charge in [-0.1, -0.05) is 11.8 Å². The van der Waals surface area contributed by atoms with Crippen LogP contribution in [0.25, 0.3) is 0 Å². The molecule has 1 aromatic rings. The van der Waals surface area contributed by atoms with E-state index in [0.717, 1.165) is 11.0 Å². The summed E-state index contributed by atoms with van der Waals surface area (Å²) < 4.78 is 2.27. The molecule has 1 heterocycles. The number of carbonyl (C=O) groups is 1. The molecule has 3 rings (SSSR count). The Morgan fingerprint density at radius 2 is 2.18 bits per heavy atom. The molecule has 2 aliphatic carbocycles. The fourth-order valence-electron chi connectivity index (χ4n) is 1.88. The van der Waals surface area contributed by atoms with Crippen LogP contribution in [0.5, 0.6) is 0 Å². The van der Waals surface area contributed by atoms with E-state index < -0.39 is 0 Å². The summed E-state index contributed by atoms with van der Waals surface area (Å²) in [6.45, 7) is 0. The van der Waals surface area contributed by atoms with Gasteiger partial charge in [-0.2, -0.15) is 0 Å². The largest absolute Gasteiger partial charge is 0.358 e. The van der Waals surface area contributed by atoms with Gasteiger partial charge in [0.25, 0.3) is 0 Å². The van der Waals surface area contributed by atoms with Crippen molar-refractivity contribution in [2.24, 2.45) is 0 Å². The van der Waals surface area contributed by atoms with Crippen molar-refractivity contribution in [1.29, 1.82) is 0 Å². The first-order valence-corrected chi connectivity index (χ1v) is 7.06. The molecular formula is C11H16N4OS. The minimum Gasteiger partial charge on any atom is -0.358 e. The predicted molar refractivity (Wildman–Crippen MR) is 65.1 cm³/mol. The molecule has 2 aliphatic rings. The number of thioether (sulfide) groups is 1. The van der Waals surface area contributed by atoms with Crippen molar-refractivity contribution < 1.29 is 4.79 Å². The molecule has 1 N–H and O–H groups in total. The zero-order valence-electron chi connectivity index (χ0n) is 9.85. The maximum absolute atomic E-state index is 11.2. The van der Waals surface area contributed by atoms with Gasteiger partial charge in [0.05, 0.1) is 5.75 Å². The molecule has 2 fully saturated rings. The topological polar surface area (TPSA) is 59.8 Å². The Morgan fingerprint density at radius 3 is 2.76 bits per heavy atom. The van der Waals surface area contributed by atoms with Gasteiger partial charge in [0.1, 0.15) is 5.82 Å². The third kappa shape index (κ3) is 2.31. The molecule has 0 bridgehead atoms. The van der Waals surface area contributed by atoms with Gasteiger partial charge in [0.15, 0.2) is 5.16 Å². The average molecular weight is 252 g/mol. The van der Waals surface area contributed by atoms with Gasteiger partial charge >= 0.3 is 0 Å². The van der Waals surface area contributed by atoms with Crippen LogP contribution in [0.3, 0.4) is 0 Å². The predicted octanol–water partition coefficient (Wildman–Crippen LogP) is 1.33. The summed E-state index contributed by atoms with van der Waals surface area (Å²) >= 11 is 1.49. The second kappa shape index (κ2) is 4.33. The fraction of sp³-hybridized carbons (Fsp3) is 0.727. The second-order valence-electron chi connectivity index (χ2n) is 4.68. The highest BCUT2D eigenvalue weighted by Crippen LogP contribution is 2.45. The van der Waals surface area contributed by atoms with Crippen molar-refractivity contribution in [3.63, 3.8) is 0 Å². The lowest BCUT2D eigenvalue weighted by molar-refractivity contribution is -0.118. The Labute approximate surface area is 104 Å². The first-order chi connectivity index (χ1) is 8.29. The number of hydrogen-bond acceptors (Lipinski definition) is 4. The summed E-state index contributed by atoms with van der Waals surface area (Å²) in [6.07, 6.45) is 4.94. The second-order valence-corrected chi connectivity index (χ2v) is 5.62. The smallest absolute Gasteiger partial charge is 0.230 e. The first-order valence-electron chi connectivity index (χ1n) is 6.07. The summed E-state index contributed by atoms with van der Waals surface area (Å²) in [5, 5.41) is 12.1. The van der Waals surface area contributed by atoms with Gasteiger partial charge < -0.3 is 9.88 Å². The van der Waals surface area contributed by atoms with Crippen LogP contribution in [0, 0.1) is 0 Å². The van der Waals surface area contributed by atoms with Crippen LogP contribution in [0.1, 0.15) is 43.5 Å². The number of amides is 1. The molecule has 0 saturated heterocycles. The lowest BCUT2D eigenvalue weighted by Gasteiger charge is -2.07. The zero-order valence-corrected chi connectivity index (χ0v) is 10.7. The van der Waals surface area contributed by atoms with Gasteiger partial charge in [-0.25, -0.2) is 0 Å². The summed E-state index contributed by atoms with van der Waals surface area (Å²) in [5.74, 6) is 2.23. The standard InChI is InChI=1S/C11H16N4OS/c1-12-9(16)6-17-11-14-13-10(7-2-3-7)15(11)8-4-5-8/h7-8H,2-6H2,1H3,(H,12,16). The maximum atomic E-state index is 11.2. The van der Waals surface area contributed by atoms with Crippen LogP contribution >= 0.6 is 11.8 Å². The van der Waals surface area contributed by atoms with E-state index >= 15 is 0 Å². The van der Waals surface area contributed by atoms with Crippen LogP contribution in [0.2, 0.25) is 0 Å². The quantitative estimate of drug-likeness (QED) is 0.803. The molecule has 92 valence electrons. The Balaban J connectivity index is 1.76. The van der Waals surface area contributed by atoms with Crippen LogP contribution in [0.4, 0.5) is 0 Å². The van der Waals surface area contributed by atoms with E-state index in [1.54, 1.807) is 7.05 Å². The number of rotatable bonds is 5. The number of hydrogen-bond donors (Lipinski definition) is 1. The monoisotopic (exact) mass is 252 g/mol. The van der Waals surface area contributed by atoms with E-state index in [-0.39, 0.29) is 5.91 Å². The highest BCUT2D eigenvalue weighted by molar-refractivity contribution is 7.99. The van der Waals surface area contributed by atoms with Gasteiger partial charge in [-0.15, -0.1) is 10.2 Å². The van der Waals surface area contributed by atoms with Gasteiger partial charge in [-0.05, 0) is 25.7 Å². The summed E-state index contributed by atoms with van der Waals surface area (Å²) in [5.41, 5.74) is 0. The van der Waals surface area contributed by atoms with Crippen molar-refractivity contribution in [3.05, 3.63) is 5.82 Å². The van der Waals surface area contributed by atoms with Gasteiger partial charge in [-0.3, -0.25) is 4.79 Å². The molecule has 0 aromatic carbocycles. The maximum Gasteiger partial charge on any atom is 0.230 e. The third-order valence-corrected chi connectivity index (χ3v) is 4.10. The molecule has 0 aliphatic heterocycles. The summed E-state index contributed by atoms with van der Waals surface area (Å²) in [7, 11) is 1.66. The number of nitrogens with one attached hydrogen (secondary N) is 1. The molecule has 0 unspecified atom stereocenters. The highest BCUT2D eigenvalue weighted by atomic mass is 32.2. The fourth-order valence-corrected chi connectivity index (χ4v) is 2.77. The lowest BCUT2D eigenvalue weighted by Crippen LogP contribution is -2.20. The van der Waals surface area contributed by atoms with E-state index in [0.29, 0.717) is 17.7 Å². The SMILES string of the molecule is CNC(=O)CSc1nnc(C2CC2)n1C1CC1. The molecule has 17 heavy (non-hydrogen) atoms. The van der Waals surface area contributed by atoms with Gasteiger partial charge in [0.2, 0.25) is 5.91 Å². The molecule has 1 aromatic heterocycles. The molecular weight excluding hydrogens is 236 g/mol. The molecule has 5 nitrogen and oxygen atoms in total. The Kier molecular flexibility index (Phi) is 2.82. The van der Waals surface area contributed by atoms with Crippen molar-refractivity contribution in [1.82, 2.24) is 20.1 Å². The van der Waals surface area contributed by atoms with Crippen LogP contribution in [0.15, 0.2) is 5.16 Å². The Hall–Kier alpha value is -1.04. The van der Waals surface area contributed by atoms with Crippen LogP contribution in [-0.2, 0) is 4.79 Å². The van der Waals surface area contributed by atoms with E-state index in [4.69, 9.17) is 0 Å². The van der Waals surface area contributed by atoms with Crippen LogP contribution in [-0.4, -0.2) is 33.5 Å². The number of aromatic nitrogens is 3. The van der Waals surface area contributed by atoms with Crippen molar-refractivity contribution >= 4 is 17.7 Å². The van der Waals surface area contributed by atoms with Gasteiger partial charge in [0, 0.05) is 19.0 Å². The Bertz CT molecular complexity index is 437. The Morgan fingerprint density at radius 1 is 1.41 bits per heavy atom. The number of carbonyl (C=O) groups excluding carboxylic acids is 1. The normalized spacial score (nSPS) is 19.4. The molecule has 2 saturated carbocycles. The van der Waals surface area contributed by atoms with E-state index in [1.165, 1.54) is 37.4 Å². The first kappa shape index (κ1) is 11.1. The minimum atomic E-state index is 0.0355. The van der Waals surface area contributed by atoms with Crippen molar-refractivity contribution in [2.45, 2.75) is 42.8 Å². The zero-order chi connectivity index (χ0) is 11.8. The summed E-state index contributed by atoms with van der Waals surface area (Å²) in [6, 6.07) is 0.591. The van der Waals surface area contributed by atoms with E-state index in [9.17, 15) is 4.79 Å². The van der Waals surface area contributed by atoms with E-state index in [1.807, 2.05) is 0 Å².